The van der Waals surface area contributed by atoms with E-state index in [1.54, 1.807) is 0 Å². The third-order valence-corrected chi connectivity index (χ3v) is 5.67. The molecule has 0 unspecified atom stereocenters. The lowest BCUT2D eigenvalue weighted by molar-refractivity contribution is -0.118. The summed E-state index contributed by atoms with van der Waals surface area (Å²) >= 11 is 0. The molecule has 1 aromatic heterocycles. The summed E-state index contributed by atoms with van der Waals surface area (Å²) in [6.45, 7) is 8.09. The highest BCUT2D eigenvalue weighted by Crippen LogP contribution is 2.27. The van der Waals surface area contributed by atoms with E-state index in [1.807, 2.05) is 36.6 Å². The van der Waals surface area contributed by atoms with Crippen LogP contribution in [0.1, 0.15) is 48.6 Å². The number of benzene rings is 1. The second kappa shape index (κ2) is 8.41. The van der Waals surface area contributed by atoms with Gasteiger partial charge in [0, 0.05) is 18.3 Å². The average Bonchev–Trinajstić information content (AvgIpc) is 2.88. The Morgan fingerprint density at radius 3 is 2.67 bits per heavy atom. The number of hydrogen-bond acceptors (Lipinski definition) is 3. The highest BCUT2D eigenvalue weighted by Gasteiger charge is 2.23. The molecule has 1 saturated heterocycles. The number of nitrogens with one attached hydrogen (secondary N) is 1. The molecule has 2 heterocycles. The molecule has 5 nitrogen and oxygen atoms in total. The van der Waals surface area contributed by atoms with Crippen LogP contribution in [0, 0.1) is 25.2 Å². The summed E-state index contributed by atoms with van der Waals surface area (Å²) < 4.78 is 2.04. The van der Waals surface area contributed by atoms with Crippen LogP contribution in [-0.4, -0.2) is 34.5 Å². The predicted octanol–water partition coefficient (Wildman–Crippen LogP) is 3.84. The summed E-state index contributed by atoms with van der Waals surface area (Å²) in [5, 5.41) is 12.7. The summed E-state index contributed by atoms with van der Waals surface area (Å²) in [6, 6.07) is 12.8. The molecule has 1 fully saturated rings. The molecule has 1 N–H and O–H groups in total. The van der Waals surface area contributed by atoms with Gasteiger partial charge in [-0.15, -0.1) is 0 Å². The van der Waals surface area contributed by atoms with Gasteiger partial charge in [-0.1, -0.05) is 36.8 Å². The zero-order chi connectivity index (χ0) is 19.4. The Bertz CT molecular complexity index is 847. The minimum absolute atomic E-state index is 0.0490. The summed E-state index contributed by atoms with van der Waals surface area (Å²) in [4.78, 5) is 15.0. The maximum absolute atomic E-state index is 12.7. The molecular weight excluding hydrogens is 336 g/mol. The molecule has 1 aromatic carbocycles. The topological polar surface area (TPSA) is 61.1 Å². The van der Waals surface area contributed by atoms with Crippen molar-refractivity contribution in [1.29, 1.82) is 5.26 Å². The minimum Gasteiger partial charge on any atom is -0.326 e. The lowest BCUT2D eigenvalue weighted by Crippen LogP contribution is -2.42. The SMILES string of the molecule is Cc1c(C#N)c(NC(=O)CN2CCCC[C@H]2C)n(Cc2ccccc2)c1C. The monoisotopic (exact) mass is 364 g/mol. The Hall–Kier alpha value is -2.58. The molecule has 1 aliphatic heterocycles. The van der Waals surface area contributed by atoms with Crippen molar-refractivity contribution in [2.75, 3.05) is 18.4 Å². The minimum atomic E-state index is -0.0490. The second-order valence-corrected chi connectivity index (χ2v) is 7.48. The number of nitriles is 1. The largest absolute Gasteiger partial charge is 0.326 e. The molecule has 2 aromatic rings. The van der Waals surface area contributed by atoms with Crippen molar-refractivity contribution in [3.63, 3.8) is 0 Å². The van der Waals surface area contributed by atoms with Gasteiger partial charge in [0.2, 0.25) is 5.91 Å². The molecule has 27 heavy (non-hydrogen) atoms. The fourth-order valence-corrected chi connectivity index (χ4v) is 3.84. The van der Waals surface area contributed by atoms with Crippen LogP contribution in [0.5, 0.6) is 0 Å². The number of anilines is 1. The number of hydrogen-bond donors (Lipinski definition) is 1. The van der Waals surface area contributed by atoms with Crippen molar-refractivity contribution < 1.29 is 4.79 Å². The average molecular weight is 364 g/mol. The number of carbonyl (C=O) groups is 1. The molecule has 0 bridgehead atoms. The molecule has 0 saturated carbocycles. The van der Waals surface area contributed by atoms with Crippen LogP contribution in [0.3, 0.4) is 0 Å². The van der Waals surface area contributed by atoms with Gasteiger partial charge in [-0.2, -0.15) is 5.26 Å². The van der Waals surface area contributed by atoms with Crippen molar-refractivity contribution >= 4 is 11.7 Å². The number of aromatic nitrogens is 1. The molecule has 5 heteroatoms. The van der Waals surface area contributed by atoms with Gasteiger partial charge in [0.1, 0.15) is 11.9 Å². The highest BCUT2D eigenvalue weighted by atomic mass is 16.2. The van der Waals surface area contributed by atoms with Crippen molar-refractivity contribution in [3.05, 3.63) is 52.7 Å². The first kappa shape index (κ1) is 19.2. The number of rotatable bonds is 5. The number of nitrogens with zero attached hydrogens (tertiary/aromatic N) is 3. The number of amides is 1. The van der Waals surface area contributed by atoms with Crippen LogP contribution < -0.4 is 5.32 Å². The zero-order valence-corrected chi connectivity index (χ0v) is 16.5. The third kappa shape index (κ3) is 4.23. The van der Waals surface area contributed by atoms with Gasteiger partial charge in [0.25, 0.3) is 0 Å². The zero-order valence-electron chi connectivity index (χ0n) is 16.5. The summed E-state index contributed by atoms with van der Waals surface area (Å²) in [6.07, 6.45) is 3.51. The first-order valence-corrected chi connectivity index (χ1v) is 9.69. The maximum Gasteiger partial charge on any atom is 0.239 e. The number of likely N-dealkylation sites (tertiary alicyclic amines) is 1. The number of piperidine rings is 1. The van der Waals surface area contributed by atoms with Gasteiger partial charge in [-0.3, -0.25) is 9.69 Å². The Balaban J connectivity index is 1.84. The molecule has 3 rings (SSSR count). The molecule has 1 atom stereocenters. The Morgan fingerprint density at radius 1 is 1.26 bits per heavy atom. The van der Waals surface area contributed by atoms with E-state index in [-0.39, 0.29) is 5.91 Å². The number of carbonyl (C=O) groups excluding carboxylic acids is 1. The molecular formula is C22H28N4O. The van der Waals surface area contributed by atoms with Gasteiger partial charge in [0.15, 0.2) is 0 Å². The normalized spacial score (nSPS) is 17.5. The van der Waals surface area contributed by atoms with E-state index >= 15 is 0 Å². The van der Waals surface area contributed by atoms with Crippen molar-refractivity contribution in [2.45, 2.75) is 52.6 Å². The second-order valence-electron chi connectivity index (χ2n) is 7.48. The van der Waals surface area contributed by atoms with Gasteiger partial charge in [-0.25, -0.2) is 0 Å². The quantitative estimate of drug-likeness (QED) is 0.877. The van der Waals surface area contributed by atoms with E-state index in [0.717, 1.165) is 36.2 Å². The molecule has 1 amide bonds. The maximum atomic E-state index is 12.7. The van der Waals surface area contributed by atoms with E-state index in [4.69, 9.17) is 0 Å². The van der Waals surface area contributed by atoms with Crippen molar-refractivity contribution in [3.8, 4) is 6.07 Å². The van der Waals surface area contributed by atoms with Crippen LogP contribution in [0.25, 0.3) is 0 Å². The smallest absolute Gasteiger partial charge is 0.239 e. The van der Waals surface area contributed by atoms with E-state index in [2.05, 4.69) is 35.3 Å². The van der Waals surface area contributed by atoms with Crippen LogP contribution in [-0.2, 0) is 11.3 Å². The lowest BCUT2D eigenvalue weighted by Gasteiger charge is -2.32. The lowest BCUT2D eigenvalue weighted by atomic mass is 10.0. The molecule has 142 valence electrons. The van der Waals surface area contributed by atoms with E-state index in [1.165, 1.54) is 6.42 Å². The Labute approximate surface area is 161 Å². The standard InChI is InChI=1S/C22H28N4O/c1-16-9-7-8-12-25(16)15-21(27)24-22-20(13-23)17(2)18(3)26(22)14-19-10-5-4-6-11-19/h4-6,10-11,16H,7-9,12,14-15H2,1-3H3,(H,24,27)/t16-/m1/s1. The van der Waals surface area contributed by atoms with Crippen molar-refractivity contribution in [1.82, 2.24) is 9.47 Å². The van der Waals surface area contributed by atoms with E-state index in [9.17, 15) is 10.1 Å². The Kier molecular flexibility index (Phi) is 5.98. The highest BCUT2D eigenvalue weighted by molar-refractivity contribution is 5.93. The summed E-state index contributed by atoms with van der Waals surface area (Å²) in [5.41, 5.74) is 3.64. The molecule has 0 aliphatic carbocycles. The molecule has 0 radical (unpaired) electrons. The van der Waals surface area contributed by atoms with Crippen LogP contribution in [0.15, 0.2) is 30.3 Å². The van der Waals surface area contributed by atoms with E-state index in [0.29, 0.717) is 30.5 Å². The third-order valence-electron chi connectivity index (χ3n) is 5.67. The fourth-order valence-electron chi connectivity index (χ4n) is 3.84. The fraction of sp³-hybridized carbons (Fsp3) is 0.455. The van der Waals surface area contributed by atoms with E-state index < -0.39 is 0 Å². The molecule has 0 spiro atoms. The summed E-state index contributed by atoms with van der Waals surface area (Å²) in [7, 11) is 0. The summed E-state index contributed by atoms with van der Waals surface area (Å²) in [5.74, 6) is 0.568. The van der Waals surface area contributed by atoms with Gasteiger partial charge < -0.3 is 9.88 Å². The molecule has 1 aliphatic rings. The van der Waals surface area contributed by atoms with Crippen LogP contribution >= 0.6 is 0 Å². The first-order valence-electron chi connectivity index (χ1n) is 9.69. The first-order chi connectivity index (χ1) is 13.0. The van der Waals surface area contributed by atoms with Gasteiger partial charge in [0.05, 0.1) is 12.1 Å². The predicted molar refractivity (Wildman–Crippen MR) is 108 cm³/mol. The van der Waals surface area contributed by atoms with Gasteiger partial charge in [-0.05, 0) is 51.3 Å². The van der Waals surface area contributed by atoms with Crippen molar-refractivity contribution in [2.24, 2.45) is 0 Å². The van der Waals surface area contributed by atoms with Crippen LogP contribution in [0.4, 0.5) is 5.82 Å². The van der Waals surface area contributed by atoms with Gasteiger partial charge >= 0.3 is 0 Å². The Morgan fingerprint density at radius 2 is 2.00 bits per heavy atom. The van der Waals surface area contributed by atoms with Crippen LogP contribution in [0.2, 0.25) is 0 Å².